The van der Waals surface area contributed by atoms with Gasteiger partial charge in [0, 0.05) is 44.4 Å². The van der Waals surface area contributed by atoms with Crippen molar-refractivity contribution in [3.63, 3.8) is 0 Å². The summed E-state index contributed by atoms with van der Waals surface area (Å²) in [6.45, 7) is 2.13. The van der Waals surface area contributed by atoms with Crippen LogP contribution in [0.2, 0.25) is 0 Å². The van der Waals surface area contributed by atoms with Gasteiger partial charge in [0.15, 0.2) is 0 Å². The molecule has 8 rings (SSSR count). The lowest BCUT2D eigenvalue weighted by atomic mass is 9.89. The highest BCUT2D eigenvalue weighted by Crippen LogP contribution is 2.43. The van der Waals surface area contributed by atoms with Crippen molar-refractivity contribution in [1.82, 2.24) is 30.1 Å². The summed E-state index contributed by atoms with van der Waals surface area (Å²) in [5.74, 6) is 0.697. The molecule has 0 saturated heterocycles. The van der Waals surface area contributed by atoms with Gasteiger partial charge in [-0.2, -0.15) is 5.10 Å². The summed E-state index contributed by atoms with van der Waals surface area (Å²) in [6, 6.07) is 12.7. The molecule has 0 amide bonds. The third-order valence-electron chi connectivity index (χ3n) is 7.85. The Bertz CT molecular complexity index is 1900. The van der Waals surface area contributed by atoms with Crippen LogP contribution in [-0.2, 0) is 0 Å². The zero-order chi connectivity index (χ0) is 25.9. The van der Waals surface area contributed by atoms with Crippen molar-refractivity contribution >= 4 is 39.0 Å². The molecule has 2 fully saturated rings. The Labute approximate surface area is 229 Å². The molecule has 8 heteroatoms. The average Bonchev–Trinajstić information content (AvgIpc) is 3.31. The molecule has 6 heterocycles. The van der Waals surface area contributed by atoms with Gasteiger partial charge in [0.2, 0.25) is 0 Å². The third kappa shape index (κ3) is 4.03. The van der Waals surface area contributed by atoms with Gasteiger partial charge >= 0.3 is 0 Å². The van der Waals surface area contributed by atoms with Crippen molar-refractivity contribution in [2.75, 3.05) is 5.32 Å². The zero-order valence-corrected chi connectivity index (χ0v) is 22.4. The van der Waals surface area contributed by atoms with E-state index in [0.717, 1.165) is 55.8 Å². The summed E-state index contributed by atoms with van der Waals surface area (Å²) in [5.41, 5.74) is 11.5. The summed E-state index contributed by atoms with van der Waals surface area (Å²) in [5, 5.41) is 12.7. The molecule has 6 aromatic rings. The maximum atomic E-state index is 5.06. The van der Waals surface area contributed by atoms with E-state index in [0.29, 0.717) is 5.92 Å². The Hall–Kier alpha value is -4.30. The van der Waals surface area contributed by atoms with E-state index in [-0.39, 0.29) is 0 Å². The molecule has 2 aliphatic rings. The number of thiophene rings is 1. The second-order valence-electron chi connectivity index (χ2n) is 10.6. The minimum Gasteiger partial charge on any atom is -0.357 e. The Morgan fingerprint density at radius 2 is 1.87 bits per heavy atom. The fraction of sp³-hybridized carbons (Fsp3) is 0.226. The quantitative estimate of drug-likeness (QED) is 0.204. The smallest absolute Gasteiger partial charge is 0.135 e. The molecule has 39 heavy (non-hydrogen) atoms. The Morgan fingerprint density at radius 3 is 2.67 bits per heavy atom. The van der Waals surface area contributed by atoms with Crippen molar-refractivity contribution in [1.29, 1.82) is 0 Å². The lowest BCUT2D eigenvalue weighted by Gasteiger charge is -2.23. The highest BCUT2D eigenvalue weighted by molar-refractivity contribution is 7.15. The standard InChI is InChI=1S/C31H27N7S/c1-17-5-10-28(39-17)23-15-33-16-27-22(23)12-26(35-27)31-30-25(37-38-31)9-8-24(36-30)20-11-21(14-32-13-20)34-29(19-6-7-19)18-3-2-4-18/h5,8-16,19,34-35H,2-4,6-7H2,1H3,(H,37,38). The maximum absolute atomic E-state index is 5.06. The molecule has 0 spiro atoms. The summed E-state index contributed by atoms with van der Waals surface area (Å²) in [7, 11) is 0. The van der Waals surface area contributed by atoms with Crippen LogP contribution < -0.4 is 5.32 Å². The number of allylic oxidation sites excluding steroid dienone is 2. The number of anilines is 1. The largest absolute Gasteiger partial charge is 0.357 e. The normalized spacial score (nSPS) is 15.2. The van der Waals surface area contributed by atoms with Gasteiger partial charge in [-0.05, 0) is 81.3 Å². The van der Waals surface area contributed by atoms with E-state index in [2.05, 4.69) is 61.7 Å². The second-order valence-corrected chi connectivity index (χ2v) is 11.9. The number of rotatable bonds is 6. The first-order chi connectivity index (χ1) is 19.2. The lowest BCUT2D eigenvalue weighted by molar-refractivity contribution is 0.641. The van der Waals surface area contributed by atoms with Gasteiger partial charge in [0.25, 0.3) is 0 Å². The number of H-pyrrole nitrogens is 2. The molecule has 0 atom stereocenters. The van der Waals surface area contributed by atoms with Crippen molar-refractivity contribution < 1.29 is 0 Å². The highest BCUT2D eigenvalue weighted by atomic mass is 32.1. The Morgan fingerprint density at radius 1 is 0.974 bits per heavy atom. The first-order valence-corrected chi connectivity index (χ1v) is 14.3. The molecule has 0 unspecified atom stereocenters. The van der Waals surface area contributed by atoms with Gasteiger partial charge in [-0.3, -0.25) is 15.1 Å². The fourth-order valence-corrected chi connectivity index (χ4v) is 6.37. The van der Waals surface area contributed by atoms with Crippen LogP contribution in [0.15, 0.2) is 72.5 Å². The lowest BCUT2D eigenvalue weighted by Crippen LogP contribution is -2.11. The topological polar surface area (TPSA) is 95.2 Å². The van der Waals surface area contributed by atoms with E-state index in [4.69, 9.17) is 4.98 Å². The Kier molecular flexibility index (Phi) is 5.16. The monoisotopic (exact) mass is 529 g/mol. The second kappa shape index (κ2) is 8.88. The first-order valence-electron chi connectivity index (χ1n) is 13.5. The SMILES string of the molecule is Cc1ccc(-c2cncc3[nH]c(-c4n[nH]c5ccc(-c6cncc(NC(=C7CCC7)C7CC7)c6)nc45)cc23)s1. The molecular formula is C31H27N7S. The molecule has 0 bridgehead atoms. The van der Waals surface area contributed by atoms with Crippen LogP contribution in [-0.4, -0.2) is 30.1 Å². The van der Waals surface area contributed by atoms with Crippen LogP contribution in [0, 0.1) is 12.8 Å². The summed E-state index contributed by atoms with van der Waals surface area (Å²) >= 11 is 1.78. The predicted octanol–water partition coefficient (Wildman–Crippen LogP) is 7.86. The number of fused-ring (bicyclic) bond motifs is 2. The van der Waals surface area contributed by atoms with Crippen LogP contribution in [0.3, 0.4) is 0 Å². The number of hydrogen-bond donors (Lipinski definition) is 3. The molecule has 0 radical (unpaired) electrons. The number of hydrogen-bond acceptors (Lipinski definition) is 6. The van der Waals surface area contributed by atoms with E-state index >= 15 is 0 Å². The van der Waals surface area contributed by atoms with Gasteiger partial charge in [0.1, 0.15) is 11.2 Å². The highest BCUT2D eigenvalue weighted by Gasteiger charge is 2.30. The molecule has 192 valence electrons. The van der Waals surface area contributed by atoms with Crippen LogP contribution in [0.5, 0.6) is 0 Å². The van der Waals surface area contributed by atoms with Gasteiger partial charge in [0.05, 0.1) is 40.5 Å². The molecule has 0 aliphatic heterocycles. The molecule has 0 aromatic carbocycles. The minimum absolute atomic E-state index is 0.697. The zero-order valence-electron chi connectivity index (χ0n) is 21.6. The molecule has 2 aliphatic carbocycles. The van der Waals surface area contributed by atoms with E-state index < -0.39 is 0 Å². The third-order valence-corrected chi connectivity index (χ3v) is 8.88. The van der Waals surface area contributed by atoms with Crippen molar-refractivity contribution in [3.05, 3.63) is 77.3 Å². The van der Waals surface area contributed by atoms with Crippen LogP contribution in [0.1, 0.15) is 37.0 Å². The Balaban J connectivity index is 1.16. The van der Waals surface area contributed by atoms with Crippen LogP contribution in [0.4, 0.5) is 5.69 Å². The molecular weight excluding hydrogens is 502 g/mol. The van der Waals surface area contributed by atoms with Crippen molar-refractivity contribution in [3.8, 4) is 33.1 Å². The number of nitrogens with one attached hydrogen (secondary N) is 3. The van der Waals surface area contributed by atoms with Gasteiger partial charge < -0.3 is 10.3 Å². The number of pyridine rings is 3. The van der Waals surface area contributed by atoms with E-state index in [9.17, 15) is 0 Å². The van der Waals surface area contributed by atoms with Crippen molar-refractivity contribution in [2.24, 2.45) is 5.92 Å². The predicted molar refractivity (Wildman–Crippen MR) is 157 cm³/mol. The number of aryl methyl sites for hydroxylation is 1. The number of aromatic nitrogens is 6. The summed E-state index contributed by atoms with van der Waals surface area (Å²) in [6.07, 6.45) is 14.0. The van der Waals surface area contributed by atoms with E-state index in [1.807, 2.05) is 36.9 Å². The summed E-state index contributed by atoms with van der Waals surface area (Å²) < 4.78 is 0. The van der Waals surface area contributed by atoms with Gasteiger partial charge in [-0.15, -0.1) is 11.3 Å². The fourth-order valence-electron chi connectivity index (χ4n) is 5.48. The average molecular weight is 530 g/mol. The molecule has 2 saturated carbocycles. The van der Waals surface area contributed by atoms with Crippen LogP contribution in [0.25, 0.3) is 55.0 Å². The maximum Gasteiger partial charge on any atom is 0.135 e. The number of aromatic amines is 2. The minimum atomic E-state index is 0.697. The molecule has 6 aromatic heterocycles. The van der Waals surface area contributed by atoms with E-state index in [1.165, 1.54) is 47.6 Å². The van der Waals surface area contributed by atoms with Crippen molar-refractivity contribution in [2.45, 2.75) is 39.0 Å². The summed E-state index contributed by atoms with van der Waals surface area (Å²) in [4.78, 5) is 20.1. The van der Waals surface area contributed by atoms with Gasteiger partial charge in [-0.25, -0.2) is 4.98 Å². The molecule has 3 N–H and O–H groups in total. The van der Waals surface area contributed by atoms with E-state index in [1.54, 1.807) is 16.9 Å². The molecule has 7 nitrogen and oxygen atoms in total. The van der Waals surface area contributed by atoms with Crippen LogP contribution >= 0.6 is 11.3 Å². The first kappa shape index (κ1) is 22.7. The number of nitrogens with zero attached hydrogens (tertiary/aromatic N) is 4. The van der Waals surface area contributed by atoms with Gasteiger partial charge in [-0.1, -0.05) is 5.57 Å².